The van der Waals surface area contributed by atoms with E-state index in [0.29, 0.717) is 6.04 Å². The van der Waals surface area contributed by atoms with Crippen LogP contribution in [0.25, 0.3) is 0 Å². The molecule has 1 rings (SSSR count). The first-order valence-electron chi connectivity index (χ1n) is 6.40. The van der Waals surface area contributed by atoms with E-state index in [-0.39, 0.29) is 0 Å². The Hall–Kier alpha value is -0.120. The van der Waals surface area contributed by atoms with Gasteiger partial charge in [-0.25, -0.2) is 0 Å². The molecule has 0 saturated carbocycles. The molecule has 3 nitrogen and oxygen atoms in total. The SMILES string of the molecule is CCC(CCN)N(C)CCN1CCCC1. The van der Waals surface area contributed by atoms with Gasteiger partial charge in [0.25, 0.3) is 0 Å². The Morgan fingerprint density at radius 3 is 2.53 bits per heavy atom. The quantitative estimate of drug-likeness (QED) is 0.688. The molecule has 0 aromatic heterocycles. The van der Waals surface area contributed by atoms with E-state index < -0.39 is 0 Å². The molecular weight excluding hydrogens is 186 g/mol. The number of nitrogens with two attached hydrogens (primary N) is 1. The molecule has 1 saturated heterocycles. The van der Waals surface area contributed by atoms with Gasteiger partial charge in [0, 0.05) is 19.1 Å². The lowest BCUT2D eigenvalue weighted by Gasteiger charge is -2.28. The van der Waals surface area contributed by atoms with Crippen LogP contribution in [-0.4, -0.2) is 55.6 Å². The van der Waals surface area contributed by atoms with Crippen LogP contribution in [0.2, 0.25) is 0 Å². The van der Waals surface area contributed by atoms with Crippen molar-refractivity contribution in [3.05, 3.63) is 0 Å². The van der Waals surface area contributed by atoms with Crippen molar-refractivity contribution in [3.63, 3.8) is 0 Å². The van der Waals surface area contributed by atoms with Crippen molar-refractivity contribution in [3.8, 4) is 0 Å². The highest BCUT2D eigenvalue weighted by molar-refractivity contribution is 4.71. The van der Waals surface area contributed by atoms with Gasteiger partial charge in [0.15, 0.2) is 0 Å². The minimum atomic E-state index is 0.678. The van der Waals surface area contributed by atoms with E-state index in [0.717, 1.165) is 13.0 Å². The fourth-order valence-corrected chi connectivity index (χ4v) is 2.42. The van der Waals surface area contributed by atoms with E-state index >= 15 is 0 Å². The summed E-state index contributed by atoms with van der Waals surface area (Å²) in [6.07, 6.45) is 5.13. The average molecular weight is 213 g/mol. The maximum atomic E-state index is 5.62. The number of likely N-dealkylation sites (tertiary alicyclic amines) is 1. The third-order valence-electron chi connectivity index (χ3n) is 3.56. The second-order valence-electron chi connectivity index (χ2n) is 4.67. The van der Waals surface area contributed by atoms with E-state index in [1.807, 2.05) is 0 Å². The first-order valence-corrected chi connectivity index (χ1v) is 6.40. The minimum Gasteiger partial charge on any atom is -0.330 e. The van der Waals surface area contributed by atoms with E-state index in [9.17, 15) is 0 Å². The molecule has 1 aliphatic heterocycles. The number of hydrogen-bond acceptors (Lipinski definition) is 3. The Bertz CT molecular complexity index is 155. The van der Waals surface area contributed by atoms with E-state index in [4.69, 9.17) is 5.73 Å². The lowest BCUT2D eigenvalue weighted by molar-refractivity contribution is 0.194. The highest BCUT2D eigenvalue weighted by Gasteiger charge is 2.15. The molecule has 0 spiro atoms. The molecule has 1 aliphatic rings. The van der Waals surface area contributed by atoms with Crippen LogP contribution in [0.5, 0.6) is 0 Å². The van der Waals surface area contributed by atoms with Crippen molar-refractivity contribution in [1.29, 1.82) is 0 Å². The second-order valence-corrected chi connectivity index (χ2v) is 4.67. The molecule has 0 radical (unpaired) electrons. The van der Waals surface area contributed by atoms with Gasteiger partial charge in [0.1, 0.15) is 0 Å². The molecule has 0 bridgehead atoms. The van der Waals surface area contributed by atoms with Crippen LogP contribution >= 0.6 is 0 Å². The fourth-order valence-electron chi connectivity index (χ4n) is 2.42. The number of rotatable bonds is 7. The van der Waals surface area contributed by atoms with Gasteiger partial charge in [-0.2, -0.15) is 0 Å². The second kappa shape index (κ2) is 7.20. The monoisotopic (exact) mass is 213 g/mol. The van der Waals surface area contributed by atoms with Gasteiger partial charge < -0.3 is 15.5 Å². The molecule has 15 heavy (non-hydrogen) atoms. The first-order chi connectivity index (χ1) is 7.27. The smallest absolute Gasteiger partial charge is 0.0109 e. The summed E-state index contributed by atoms with van der Waals surface area (Å²) < 4.78 is 0. The number of nitrogens with zero attached hydrogens (tertiary/aromatic N) is 2. The van der Waals surface area contributed by atoms with Crippen LogP contribution in [0.3, 0.4) is 0 Å². The third-order valence-corrected chi connectivity index (χ3v) is 3.56. The Balaban J connectivity index is 2.17. The zero-order valence-electron chi connectivity index (χ0n) is 10.4. The number of hydrogen-bond donors (Lipinski definition) is 1. The van der Waals surface area contributed by atoms with Gasteiger partial charge >= 0.3 is 0 Å². The summed E-state index contributed by atoms with van der Waals surface area (Å²) in [5.41, 5.74) is 5.62. The van der Waals surface area contributed by atoms with Crippen LogP contribution in [-0.2, 0) is 0 Å². The van der Waals surface area contributed by atoms with Gasteiger partial charge in [0.05, 0.1) is 0 Å². The topological polar surface area (TPSA) is 32.5 Å². The van der Waals surface area contributed by atoms with Crippen molar-refractivity contribution in [2.75, 3.05) is 39.8 Å². The van der Waals surface area contributed by atoms with E-state index in [1.165, 1.54) is 45.4 Å². The van der Waals surface area contributed by atoms with Crippen LogP contribution in [0, 0.1) is 0 Å². The van der Waals surface area contributed by atoms with Gasteiger partial charge in [0.2, 0.25) is 0 Å². The maximum Gasteiger partial charge on any atom is 0.0109 e. The van der Waals surface area contributed by atoms with Crippen LogP contribution < -0.4 is 5.73 Å². The van der Waals surface area contributed by atoms with Crippen LogP contribution in [0.1, 0.15) is 32.6 Å². The zero-order chi connectivity index (χ0) is 11.1. The molecule has 1 atom stereocenters. The molecule has 2 N–H and O–H groups in total. The summed E-state index contributed by atoms with van der Waals surface area (Å²) in [4.78, 5) is 5.05. The number of likely N-dealkylation sites (N-methyl/N-ethyl adjacent to an activating group) is 1. The van der Waals surface area contributed by atoms with Crippen LogP contribution in [0.15, 0.2) is 0 Å². The van der Waals surface area contributed by atoms with Crippen molar-refractivity contribution in [2.24, 2.45) is 5.73 Å². The lowest BCUT2D eigenvalue weighted by Crippen LogP contribution is -2.38. The van der Waals surface area contributed by atoms with E-state index in [1.54, 1.807) is 0 Å². The Morgan fingerprint density at radius 2 is 2.00 bits per heavy atom. The van der Waals surface area contributed by atoms with E-state index in [2.05, 4.69) is 23.8 Å². The predicted octanol–water partition coefficient (Wildman–Crippen LogP) is 1.14. The Kier molecular flexibility index (Phi) is 6.22. The minimum absolute atomic E-state index is 0.678. The molecule has 0 aromatic carbocycles. The molecule has 1 fully saturated rings. The summed E-state index contributed by atoms with van der Waals surface area (Å²) in [6, 6.07) is 0.678. The zero-order valence-corrected chi connectivity index (χ0v) is 10.4. The maximum absolute atomic E-state index is 5.62. The molecule has 0 aromatic rings. The van der Waals surface area contributed by atoms with Crippen molar-refractivity contribution < 1.29 is 0 Å². The van der Waals surface area contributed by atoms with Gasteiger partial charge in [-0.1, -0.05) is 6.92 Å². The summed E-state index contributed by atoms with van der Waals surface area (Å²) in [5.74, 6) is 0. The average Bonchev–Trinajstić information content (AvgIpc) is 2.75. The van der Waals surface area contributed by atoms with Gasteiger partial charge in [-0.3, -0.25) is 0 Å². The normalized spacial score (nSPS) is 20.0. The van der Waals surface area contributed by atoms with Crippen molar-refractivity contribution >= 4 is 0 Å². The third kappa shape index (κ3) is 4.49. The summed E-state index contributed by atoms with van der Waals surface area (Å²) in [6.45, 7) is 8.11. The summed E-state index contributed by atoms with van der Waals surface area (Å²) >= 11 is 0. The highest BCUT2D eigenvalue weighted by atomic mass is 15.2. The lowest BCUT2D eigenvalue weighted by atomic mass is 10.1. The molecule has 1 heterocycles. The van der Waals surface area contributed by atoms with Crippen molar-refractivity contribution in [1.82, 2.24) is 9.80 Å². The molecular formula is C12H27N3. The fraction of sp³-hybridized carbons (Fsp3) is 1.00. The molecule has 1 unspecified atom stereocenters. The molecule has 3 heteroatoms. The highest BCUT2D eigenvalue weighted by Crippen LogP contribution is 2.09. The summed E-state index contributed by atoms with van der Waals surface area (Å²) in [7, 11) is 2.24. The first kappa shape index (κ1) is 12.9. The molecule has 0 amide bonds. The largest absolute Gasteiger partial charge is 0.330 e. The van der Waals surface area contributed by atoms with Gasteiger partial charge in [-0.15, -0.1) is 0 Å². The van der Waals surface area contributed by atoms with Crippen molar-refractivity contribution in [2.45, 2.75) is 38.6 Å². The standard InChI is InChI=1S/C12H27N3/c1-3-12(6-7-13)14(2)10-11-15-8-4-5-9-15/h12H,3-11,13H2,1-2H3. The molecule has 0 aliphatic carbocycles. The predicted molar refractivity (Wildman–Crippen MR) is 66.1 cm³/mol. The summed E-state index contributed by atoms with van der Waals surface area (Å²) in [5, 5.41) is 0. The molecule has 90 valence electrons. The van der Waals surface area contributed by atoms with Crippen LogP contribution in [0.4, 0.5) is 0 Å². The Labute approximate surface area is 94.6 Å². The Morgan fingerprint density at radius 1 is 1.33 bits per heavy atom. The van der Waals surface area contributed by atoms with Gasteiger partial charge in [-0.05, 0) is 52.4 Å².